The van der Waals surface area contributed by atoms with Crippen LogP contribution in [-0.4, -0.2) is 27.5 Å². The van der Waals surface area contributed by atoms with Crippen LogP contribution in [0.5, 0.6) is 11.5 Å². The van der Waals surface area contributed by atoms with Crippen LogP contribution in [0.1, 0.15) is 5.01 Å². The lowest BCUT2D eigenvalue weighted by atomic mass is 10.1. The molecule has 4 aromatic rings. The average Bonchev–Trinajstić information content (AvgIpc) is 3.37. The quantitative estimate of drug-likeness (QED) is 0.525. The summed E-state index contributed by atoms with van der Waals surface area (Å²) >= 11 is 1.33. The fraction of sp³-hybridized carbons (Fsp3) is 0.143. The standard InChI is InChI=1S/C21H15FN4O4S/c1-11-23-19-20(31-11)18(12-2-4-13(22)5-3-12)25-26(21(19)28)9-17(27)24-14-6-7-15-16(8-14)30-10-29-15/h2-8H,9-10H2,1H3,(H,24,27). The topological polar surface area (TPSA) is 95.3 Å². The number of amides is 1. The predicted molar refractivity (Wildman–Crippen MR) is 113 cm³/mol. The van der Waals surface area contributed by atoms with E-state index in [9.17, 15) is 14.0 Å². The molecule has 2 aromatic heterocycles. The molecule has 1 aliphatic heterocycles. The number of nitrogens with zero attached hydrogens (tertiary/aromatic N) is 3. The number of carbonyl (C=O) groups excluding carboxylic acids is 1. The third-order valence-electron chi connectivity index (χ3n) is 4.67. The number of nitrogens with one attached hydrogen (secondary N) is 1. The van der Waals surface area contributed by atoms with Gasteiger partial charge in [0.1, 0.15) is 18.1 Å². The highest BCUT2D eigenvalue weighted by molar-refractivity contribution is 7.19. The molecule has 0 saturated heterocycles. The first-order chi connectivity index (χ1) is 15.0. The van der Waals surface area contributed by atoms with Crippen molar-refractivity contribution in [3.63, 3.8) is 0 Å². The number of benzene rings is 2. The summed E-state index contributed by atoms with van der Waals surface area (Å²) in [5, 5.41) is 7.82. The predicted octanol–water partition coefficient (Wildman–Crippen LogP) is 3.33. The van der Waals surface area contributed by atoms with Gasteiger partial charge in [-0.3, -0.25) is 9.59 Å². The summed E-state index contributed by atoms with van der Waals surface area (Å²) in [5.74, 6) is 0.317. The van der Waals surface area contributed by atoms with Gasteiger partial charge in [-0.2, -0.15) is 5.10 Å². The Kier molecular flexibility index (Phi) is 4.63. The second-order valence-electron chi connectivity index (χ2n) is 6.85. The molecule has 8 nitrogen and oxygen atoms in total. The SMILES string of the molecule is Cc1nc2c(=O)n(CC(=O)Nc3ccc4c(c3)OCO4)nc(-c3ccc(F)cc3)c2s1. The molecule has 0 aliphatic carbocycles. The zero-order valence-electron chi connectivity index (χ0n) is 16.2. The number of aryl methyl sites for hydroxylation is 1. The lowest BCUT2D eigenvalue weighted by molar-refractivity contribution is -0.117. The molecule has 1 amide bonds. The van der Waals surface area contributed by atoms with Gasteiger partial charge in [0.05, 0.1) is 9.71 Å². The van der Waals surface area contributed by atoms with E-state index in [2.05, 4.69) is 15.4 Å². The Morgan fingerprint density at radius 2 is 1.97 bits per heavy atom. The van der Waals surface area contributed by atoms with Crippen LogP contribution < -0.4 is 20.3 Å². The fourth-order valence-electron chi connectivity index (χ4n) is 3.28. The molecule has 156 valence electrons. The molecule has 3 heterocycles. The van der Waals surface area contributed by atoms with Gasteiger partial charge in [-0.1, -0.05) is 0 Å². The van der Waals surface area contributed by atoms with E-state index < -0.39 is 11.5 Å². The van der Waals surface area contributed by atoms with Crippen LogP contribution in [0.3, 0.4) is 0 Å². The molecule has 0 unspecified atom stereocenters. The maximum Gasteiger partial charge on any atom is 0.294 e. The zero-order chi connectivity index (χ0) is 21.5. The first-order valence-electron chi connectivity index (χ1n) is 9.31. The van der Waals surface area contributed by atoms with Crippen molar-refractivity contribution in [3.8, 4) is 22.8 Å². The normalized spacial score (nSPS) is 12.3. The lowest BCUT2D eigenvalue weighted by Gasteiger charge is -2.10. The van der Waals surface area contributed by atoms with Crippen LogP contribution in [-0.2, 0) is 11.3 Å². The third kappa shape index (κ3) is 3.61. The van der Waals surface area contributed by atoms with Crippen LogP contribution in [0, 0.1) is 12.7 Å². The van der Waals surface area contributed by atoms with Gasteiger partial charge in [0, 0.05) is 17.3 Å². The summed E-state index contributed by atoms with van der Waals surface area (Å²) in [6, 6.07) is 10.8. The summed E-state index contributed by atoms with van der Waals surface area (Å²) in [4.78, 5) is 29.8. The third-order valence-corrected chi connectivity index (χ3v) is 5.65. The number of carbonyl (C=O) groups is 1. The summed E-state index contributed by atoms with van der Waals surface area (Å²) in [6.07, 6.45) is 0. The zero-order valence-corrected chi connectivity index (χ0v) is 17.0. The van der Waals surface area contributed by atoms with Crippen LogP contribution in [0.15, 0.2) is 47.3 Å². The highest BCUT2D eigenvalue weighted by Gasteiger charge is 2.19. The molecule has 0 atom stereocenters. The van der Waals surface area contributed by atoms with Crippen LogP contribution in [0.4, 0.5) is 10.1 Å². The number of halogens is 1. The minimum absolute atomic E-state index is 0.130. The highest BCUT2D eigenvalue weighted by atomic mass is 32.1. The number of hydrogen-bond acceptors (Lipinski definition) is 7. The second-order valence-corrected chi connectivity index (χ2v) is 8.05. The van der Waals surface area contributed by atoms with Gasteiger partial charge < -0.3 is 14.8 Å². The number of aromatic nitrogens is 3. The van der Waals surface area contributed by atoms with Crippen molar-refractivity contribution in [2.75, 3.05) is 12.1 Å². The number of fused-ring (bicyclic) bond motifs is 2. The first-order valence-corrected chi connectivity index (χ1v) is 10.1. The van der Waals surface area contributed by atoms with Gasteiger partial charge in [0.15, 0.2) is 17.0 Å². The molecule has 1 N–H and O–H groups in total. The fourth-order valence-corrected chi connectivity index (χ4v) is 4.20. The van der Waals surface area contributed by atoms with E-state index in [1.165, 1.54) is 23.5 Å². The largest absolute Gasteiger partial charge is 0.454 e. The second kappa shape index (κ2) is 7.47. The lowest BCUT2D eigenvalue weighted by Crippen LogP contribution is -2.30. The number of anilines is 1. The Morgan fingerprint density at radius 3 is 2.77 bits per heavy atom. The van der Waals surface area contributed by atoms with Gasteiger partial charge in [-0.15, -0.1) is 11.3 Å². The molecule has 5 rings (SSSR count). The highest BCUT2D eigenvalue weighted by Crippen LogP contribution is 2.34. The molecule has 1 aliphatic rings. The summed E-state index contributed by atoms with van der Waals surface area (Å²) < 4.78 is 25.6. The molecule has 0 bridgehead atoms. The van der Waals surface area contributed by atoms with E-state index in [0.717, 1.165) is 4.68 Å². The van der Waals surface area contributed by atoms with Gasteiger partial charge in [-0.05, 0) is 43.3 Å². The smallest absolute Gasteiger partial charge is 0.294 e. The molecule has 2 aromatic carbocycles. The molecule has 0 fully saturated rings. The monoisotopic (exact) mass is 438 g/mol. The Bertz CT molecular complexity index is 1380. The summed E-state index contributed by atoms with van der Waals surface area (Å²) in [5.41, 5.74) is 1.36. The van der Waals surface area contributed by atoms with E-state index in [4.69, 9.17) is 9.47 Å². The van der Waals surface area contributed by atoms with Crippen molar-refractivity contribution in [2.24, 2.45) is 0 Å². The van der Waals surface area contributed by atoms with Crippen molar-refractivity contribution in [2.45, 2.75) is 13.5 Å². The maximum absolute atomic E-state index is 13.4. The van der Waals surface area contributed by atoms with E-state index >= 15 is 0 Å². The van der Waals surface area contributed by atoms with Crippen molar-refractivity contribution in [3.05, 3.63) is 63.6 Å². The Balaban J connectivity index is 1.49. The summed E-state index contributed by atoms with van der Waals surface area (Å²) in [7, 11) is 0. The van der Waals surface area contributed by atoms with E-state index in [1.807, 2.05) is 0 Å². The number of hydrogen-bond donors (Lipinski definition) is 1. The van der Waals surface area contributed by atoms with Crippen molar-refractivity contribution < 1.29 is 18.7 Å². The van der Waals surface area contributed by atoms with Gasteiger partial charge in [0.25, 0.3) is 5.56 Å². The molecular weight excluding hydrogens is 423 g/mol. The van der Waals surface area contributed by atoms with Crippen molar-refractivity contribution >= 4 is 33.1 Å². The van der Waals surface area contributed by atoms with E-state index in [0.29, 0.717) is 38.2 Å². The number of ether oxygens (including phenoxy) is 2. The van der Waals surface area contributed by atoms with Crippen LogP contribution in [0.2, 0.25) is 0 Å². The Morgan fingerprint density at radius 1 is 1.19 bits per heavy atom. The number of rotatable bonds is 4. The average molecular weight is 438 g/mol. The van der Waals surface area contributed by atoms with Crippen LogP contribution >= 0.6 is 11.3 Å². The Hall–Kier alpha value is -3.79. The molecule has 0 saturated carbocycles. The van der Waals surface area contributed by atoms with Crippen LogP contribution in [0.25, 0.3) is 21.5 Å². The number of thiazole rings is 1. The Labute approximate surface area is 178 Å². The van der Waals surface area contributed by atoms with E-state index in [1.54, 1.807) is 37.3 Å². The molecule has 0 radical (unpaired) electrons. The van der Waals surface area contributed by atoms with Gasteiger partial charge >= 0.3 is 0 Å². The molecule has 10 heteroatoms. The van der Waals surface area contributed by atoms with Gasteiger partial charge in [-0.25, -0.2) is 14.1 Å². The molecule has 0 spiro atoms. The minimum Gasteiger partial charge on any atom is -0.454 e. The van der Waals surface area contributed by atoms with Crippen molar-refractivity contribution in [1.82, 2.24) is 14.8 Å². The molecular formula is C21H15FN4O4S. The molecule has 31 heavy (non-hydrogen) atoms. The maximum atomic E-state index is 13.4. The minimum atomic E-state index is -0.467. The van der Waals surface area contributed by atoms with E-state index in [-0.39, 0.29) is 24.7 Å². The first kappa shape index (κ1) is 19.2. The summed E-state index contributed by atoms with van der Waals surface area (Å²) in [6.45, 7) is 1.61. The van der Waals surface area contributed by atoms with Gasteiger partial charge in [0.2, 0.25) is 12.7 Å². The van der Waals surface area contributed by atoms with Crippen molar-refractivity contribution in [1.29, 1.82) is 0 Å².